The Morgan fingerprint density at radius 3 is 2.83 bits per heavy atom. The summed E-state index contributed by atoms with van der Waals surface area (Å²) >= 11 is 3.46. The number of fused-ring (bicyclic) bond motifs is 1. The van der Waals surface area contributed by atoms with Crippen molar-refractivity contribution in [3.05, 3.63) is 58.3 Å². The van der Waals surface area contributed by atoms with Gasteiger partial charge < -0.3 is 4.90 Å². The normalized spacial score (nSPS) is 14.1. The van der Waals surface area contributed by atoms with Crippen LogP contribution in [0.2, 0.25) is 0 Å². The Hall–Kier alpha value is -2.34. The fourth-order valence-electron chi connectivity index (χ4n) is 2.50. The van der Waals surface area contributed by atoms with Crippen molar-refractivity contribution in [1.29, 1.82) is 0 Å². The number of carbonyl (C=O) groups excluding carboxylic acids is 2. The maximum Gasteiger partial charge on any atom is 0.249 e. The van der Waals surface area contributed by atoms with Gasteiger partial charge in [0.25, 0.3) is 0 Å². The standard InChI is InChI=1S/C17H14BrN3O2/c1-11(22)10-21-15-6-5-12(18)8-13(15)17(20-9-16(21)23)14-4-2-3-7-19-14/h2-8H,9-10H2,1H3. The highest BCUT2D eigenvalue weighted by Crippen LogP contribution is 2.29. The Labute approximate surface area is 142 Å². The van der Waals surface area contributed by atoms with E-state index in [-0.39, 0.29) is 24.8 Å². The summed E-state index contributed by atoms with van der Waals surface area (Å²) in [7, 11) is 0. The van der Waals surface area contributed by atoms with E-state index in [1.54, 1.807) is 6.20 Å². The van der Waals surface area contributed by atoms with Crippen LogP contribution in [0.4, 0.5) is 5.69 Å². The topological polar surface area (TPSA) is 62.6 Å². The summed E-state index contributed by atoms with van der Waals surface area (Å²) in [6.45, 7) is 1.50. The van der Waals surface area contributed by atoms with Crippen molar-refractivity contribution < 1.29 is 9.59 Å². The number of carbonyl (C=O) groups is 2. The van der Waals surface area contributed by atoms with Crippen molar-refractivity contribution in [2.45, 2.75) is 6.92 Å². The summed E-state index contributed by atoms with van der Waals surface area (Å²) in [5.74, 6) is -0.275. The molecule has 0 atom stereocenters. The second-order valence-electron chi connectivity index (χ2n) is 5.22. The smallest absolute Gasteiger partial charge is 0.249 e. The minimum absolute atomic E-state index is 0.00845. The SMILES string of the molecule is CC(=O)CN1C(=O)CN=C(c2ccccn2)c2cc(Br)ccc21. The van der Waals surface area contributed by atoms with Crippen LogP contribution in [0.5, 0.6) is 0 Å². The minimum atomic E-state index is -0.199. The summed E-state index contributed by atoms with van der Waals surface area (Å²) in [5, 5.41) is 0. The van der Waals surface area contributed by atoms with Gasteiger partial charge in [0.05, 0.1) is 23.6 Å². The van der Waals surface area contributed by atoms with Crippen LogP contribution in [-0.2, 0) is 9.59 Å². The lowest BCUT2D eigenvalue weighted by Gasteiger charge is -2.22. The zero-order valence-corrected chi connectivity index (χ0v) is 14.1. The van der Waals surface area contributed by atoms with Crippen molar-refractivity contribution in [1.82, 2.24) is 4.98 Å². The molecule has 1 aromatic heterocycles. The van der Waals surface area contributed by atoms with E-state index in [2.05, 4.69) is 25.9 Å². The Morgan fingerprint density at radius 1 is 1.30 bits per heavy atom. The van der Waals surface area contributed by atoms with Crippen LogP contribution < -0.4 is 4.90 Å². The fourth-order valence-corrected chi connectivity index (χ4v) is 2.86. The molecule has 6 heteroatoms. The van der Waals surface area contributed by atoms with Crippen molar-refractivity contribution >= 4 is 39.0 Å². The summed E-state index contributed by atoms with van der Waals surface area (Å²) in [6, 6.07) is 11.1. The van der Waals surface area contributed by atoms with E-state index in [0.717, 1.165) is 10.0 Å². The molecule has 0 fully saturated rings. The van der Waals surface area contributed by atoms with Gasteiger partial charge in [-0.25, -0.2) is 0 Å². The number of rotatable bonds is 3. The van der Waals surface area contributed by atoms with Crippen LogP contribution in [0.1, 0.15) is 18.2 Å². The summed E-state index contributed by atoms with van der Waals surface area (Å²) in [6.07, 6.45) is 1.69. The number of nitrogens with zero attached hydrogens (tertiary/aromatic N) is 3. The Kier molecular flexibility index (Phi) is 4.34. The molecule has 0 unspecified atom stereocenters. The van der Waals surface area contributed by atoms with Gasteiger partial charge in [-0.1, -0.05) is 22.0 Å². The number of pyridine rings is 1. The molecule has 0 N–H and O–H groups in total. The molecule has 0 spiro atoms. The van der Waals surface area contributed by atoms with Gasteiger partial charge in [-0.05, 0) is 37.3 Å². The molecular formula is C17H14BrN3O2. The third-order valence-corrected chi connectivity index (χ3v) is 3.96. The predicted molar refractivity (Wildman–Crippen MR) is 91.9 cm³/mol. The van der Waals surface area contributed by atoms with Gasteiger partial charge in [0.1, 0.15) is 12.3 Å². The summed E-state index contributed by atoms with van der Waals surface area (Å²) in [4.78, 5) is 34.2. The summed E-state index contributed by atoms with van der Waals surface area (Å²) in [5.41, 5.74) is 2.81. The van der Waals surface area contributed by atoms with Crippen molar-refractivity contribution in [2.24, 2.45) is 4.99 Å². The molecule has 1 amide bonds. The number of benzene rings is 1. The first-order chi connectivity index (χ1) is 11.1. The summed E-state index contributed by atoms with van der Waals surface area (Å²) < 4.78 is 0.872. The third kappa shape index (κ3) is 3.22. The number of hydrogen-bond acceptors (Lipinski definition) is 4. The number of Topliss-reactive ketones (excluding diaryl/α,β-unsaturated/α-hetero) is 1. The number of benzodiazepines with no additional fused rings is 1. The van der Waals surface area contributed by atoms with Gasteiger partial charge in [0, 0.05) is 16.2 Å². The second-order valence-corrected chi connectivity index (χ2v) is 6.14. The van der Waals surface area contributed by atoms with Crippen LogP contribution in [0, 0.1) is 0 Å². The van der Waals surface area contributed by atoms with Gasteiger partial charge in [-0.15, -0.1) is 0 Å². The first kappa shape index (κ1) is 15.6. The van der Waals surface area contributed by atoms with E-state index in [1.165, 1.54) is 11.8 Å². The molecule has 0 saturated heterocycles. The van der Waals surface area contributed by atoms with Gasteiger partial charge in [-0.2, -0.15) is 0 Å². The molecule has 1 aromatic carbocycles. The maximum atomic E-state index is 12.4. The highest BCUT2D eigenvalue weighted by Gasteiger charge is 2.26. The van der Waals surface area contributed by atoms with Crippen LogP contribution in [0.3, 0.4) is 0 Å². The van der Waals surface area contributed by atoms with E-state index < -0.39 is 0 Å². The lowest BCUT2D eigenvalue weighted by molar-refractivity contribution is -0.121. The van der Waals surface area contributed by atoms with Gasteiger partial charge in [0.2, 0.25) is 5.91 Å². The minimum Gasteiger partial charge on any atom is -0.303 e. The number of amides is 1. The first-order valence-electron chi connectivity index (χ1n) is 7.12. The average Bonchev–Trinajstić information content (AvgIpc) is 2.66. The first-order valence-corrected chi connectivity index (χ1v) is 7.91. The molecule has 5 nitrogen and oxygen atoms in total. The van der Waals surface area contributed by atoms with Gasteiger partial charge in [-0.3, -0.25) is 19.6 Å². The lowest BCUT2D eigenvalue weighted by atomic mass is 10.0. The van der Waals surface area contributed by atoms with Crippen LogP contribution in [0.15, 0.2) is 52.1 Å². The molecule has 2 heterocycles. The van der Waals surface area contributed by atoms with Crippen LogP contribution in [0.25, 0.3) is 0 Å². The van der Waals surface area contributed by atoms with Crippen molar-refractivity contribution in [3.8, 4) is 0 Å². The average molecular weight is 372 g/mol. The van der Waals surface area contributed by atoms with Crippen molar-refractivity contribution in [3.63, 3.8) is 0 Å². The largest absolute Gasteiger partial charge is 0.303 e. The number of aromatic nitrogens is 1. The third-order valence-electron chi connectivity index (χ3n) is 3.47. The number of halogens is 1. The molecule has 1 aliphatic rings. The Morgan fingerprint density at radius 2 is 2.13 bits per heavy atom. The molecule has 0 aliphatic carbocycles. The van der Waals surface area contributed by atoms with Crippen LogP contribution in [-0.4, -0.2) is 35.5 Å². The molecule has 1 aliphatic heterocycles. The van der Waals surface area contributed by atoms with E-state index in [9.17, 15) is 9.59 Å². The van der Waals surface area contributed by atoms with E-state index in [4.69, 9.17) is 0 Å². The maximum absolute atomic E-state index is 12.4. The number of hydrogen-bond donors (Lipinski definition) is 0. The molecule has 116 valence electrons. The lowest BCUT2D eigenvalue weighted by Crippen LogP contribution is -2.36. The molecule has 0 saturated carbocycles. The Balaban J connectivity index is 2.18. The molecule has 0 bridgehead atoms. The quantitative estimate of drug-likeness (QED) is 0.832. The zero-order valence-electron chi connectivity index (χ0n) is 12.5. The fraction of sp³-hybridized carbons (Fsp3) is 0.176. The highest BCUT2D eigenvalue weighted by atomic mass is 79.9. The van der Waals surface area contributed by atoms with Gasteiger partial charge >= 0.3 is 0 Å². The van der Waals surface area contributed by atoms with E-state index in [0.29, 0.717) is 17.1 Å². The number of aliphatic imine (C=N–C) groups is 1. The number of anilines is 1. The number of ketones is 1. The molecule has 3 rings (SSSR count). The molecule has 2 aromatic rings. The second kappa shape index (κ2) is 6.42. The van der Waals surface area contributed by atoms with Crippen LogP contribution >= 0.6 is 15.9 Å². The monoisotopic (exact) mass is 371 g/mol. The Bertz CT molecular complexity index is 803. The zero-order chi connectivity index (χ0) is 16.4. The predicted octanol–water partition coefficient (Wildman–Crippen LogP) is 2.62. The van der Waals surface area contributed by atoms with E-state index >= 15 is 0 Å². The van der Waals surface area contributed by atoms with Crippen molar-refractivity contribution in [2.75, 3.05) is 18.0 Å². The molecule has 23 heavy (non-hydrogen) atoms. The van der Waals surface area contributed by atoms with E-state index in [1.807, 2.05) is 36.4 Å². The molecular weight excluding hydrogens is 358 g/mol. The highest BCUT2D eigenvalue weighted by molar-refractivity contribution is 9.10. The molecule has 0 radical (unpaired) electrons. The van der Waals surface area contributed by atoms with Gasteiger partial charge in [0.15, 0.2) is 0 Å².